The van der Waals surface area contributed by atoms with Crippen LogP contribution < -0.4 is 0 Å². The average Bonchev–Trinajstić information content (AvgIpc) is 3.53. The van der Waals surface area contributed by atoms with E-state index in [4.69, 9.17) is 23.7 Å². The largest absolute Gasteiger partial charge is 0.463 e. The van der Waals surface area contributed by atoms with Gasteiger partial charge in [-0.25, -0.2) is 0 Å². The Balaban J connectivity index is 1.22. The van der Waals surface area contributed by atoms with E-state index in [0.717, 1.165) is 38.5 Å². The summed E-state index contributed by atoms with van der Waals surface area (Å²) >= 11 is 0. The summed E-state index contributed by atoms with van der Waals surface area (Å²) in [7, 11) is 0. The molecule has 0 aromatic carbocycles. The minimum absolute atomic E-state index is 0.00195. The lowest BCUT2D eigenvalue weighted by Crippen LogP contribution is -2.68. The van der Waals surface area contributed by atoms with Crippen molar-refractivity contribution < 1.29 is 69.3 Å². The highest BCUT2D eigenvalue weighted by molar-refractivity contribution is 5.65. The maximum absolute atomic E-state index is 12.2. The second kappa shape index (κ2) is 16.8. The highest BCUT2D eigenvalue weighted by atomic mass is 16.8. The maximum Gasteiger partial charge on any atom is 0.302 e. The summed E-state index contributed by atoms with van der Waals surface area (Å²) in [4.78, 5) is 11.5. The molecular formula is C44H74O14. The summed E-state index contributed by atoms with van der Waals surface area (Å²) < 4.78 is 29.6. The van der Waals surface area contributed by atoms with Gasteiger partial charge in [0.15, 0.2) is 12.6 Å². The molecule has 0 amide bonds. The van der Waals surface area contributed by atoms with Gasteiger partial charge >= 0.3 is 5.97 Å². The molecule has 6 aliphatic rings. The minimum atomic E-state index is -1.79. The van der Waals surface area contributed by atoms with Gasteiger partial charge in [-0.2, -0.15) is 0 Å². The maximum atomic E-state index is 12.2. The summed E-state index contributed by atoms with van der Waals surface area (Å²) in [5, 5.41) is 88.6. The van der Waals surface area contributed by atoms with Crippen LogP contribution in [-0.4, -0.2) is 139 Å². The first-order valence-corrected chi connectivity index (χ1v) is 21.7. The van der Waals surface area contributed by atoms with Crippen LogP contribution in [0.2, 0.25) is 0 Å². The Kier molecular flexibility index (Phi) is 13.4. The molecule has 14 heteroatoms. The van der Waals surface area contributed by atoms with E-state index in [2.05, 4.69) is 54.5 Å². The number of rotatable bonds is 11. The molecule has 2 aliphatic heterocycles. The quantitative estimate of drug-likeness (QED) is 0.0853. The van der Waals surface area contributed by atoms with Gasteiger partial charge in [-0.15, -0.1) is 0 Å². The van der Waals surface area contributed by atoms with Crippen molar-refractivity contribution in [3.8, 4) is 0 Å². The number of esters is 1. The zero-order valence-electron chi connectivity index (χ0n) is 36.1. The standard InChI is InChI=1S/C44H74O14/c1-22(2)11-10-15-44(9,53)24-12-17-43(8)31(24)25(47)19-29-41(6)16-14-30(40(4,5)28(41)13-18-42(29,43)7)57-39-37(35(51)32(48)26(20-45)55-39)58-38-36(52)34(50)33(49)27(56-38)21-54-23(3)46/h11,24-39,45,47-53H,10,12-21H2,1-9H3/t24-,25+,26+,27+,28-,29+,30-,31-,32+,33+,34-,35-,36+,37+,38-,39-,41-,42+,43+,44-/m0/s1. The number of allylic oxidation sites excluding steroid dienone is 2. The molecule has 0 aromatic heterocycles. The molecule has 2 saturated heterocycles. The molecule has 14 nitrogen and oxygen atoms in total. The lowest BCUT2D eigenvalue weighted by Gasteiger charge is -2.70. The smallest absolute Gasteiger partial charge is 0.302 e. The van der Waals surface area contributed by atoms with Crippen LogP contribution in [0.25, 0.3) is 0 Å². The number of aliphatic hydroxyl groups excluding tert-OH is 7. The van der Waals surface area contributed by atoms with Crippen molar-refractivity contribution in [3.05, 3.63) is 11.6 Å². The molecular weight excluding hydrogens is 752 g/mol. The van der Waals surface area contributed by atoms with E-state index in [-0.39, 0.29) is 39.9 Å². The molecule has 0 spiro atoms. The van der Waals surface area contributed by atoms with Gasteiger partial charge in [0.1, 0.15) is 55.4 Å². The van der Waals surface area contributed by atoms with Crippen LogP contribution in [0.1, 0.15) is 120 Å². The fourth-order valence-corrected chi connectivity index (χ4v) is 13.5. The minimum Gasteiger partial charge on any atom is -0.463 e. The Labute approximate surface area is 344 Å². The van der Waals surface area contributed by atoms with Gasteiger partial charge in [-0.1, -0.05) is 46.3 Å². The third-order valence-corrected chi connectivity index (χ3v) is 16.9. The molecule has 0 radical (unpaired) electrons. The molecule has 0 bridgehead atoms. The first kappa shape index (κ1) is 46.2. The van der Waals surface area contributed by atoms with Crippen molar-refractivity contribution in [2.24, 2.45) is 45.3 Å². The first-order valence-electron chi connectivity index (χ1n) is 21.7. The Morgan fingerprint density at radius 2 is 1.41 bits per heavy atom. The number of carbonyl (C=O) groups is 1. The number of ether oxygens (including phenoxy) is 5. The summed E-state index contributed by atoms with van der Waals surface area (Å²) in [6.07, 6.45) is -6.89. The number of aliphatic hydroxyl groups is 8. The Morgan fingerprint density at radius 1 is 0.776 bits per heavy atom. The van der Waals surface area contributed by atoms with E-state index in [1.165, 1.54) is 12.5 Å². The van der Waals surface area contributed by atoms with E-state index >= 15 is 0 Å². The highest BCUT2D eigenvalue weighted by Crippen LogP contribution is 2.76. The molecule has 6 fully saturated rings. The Morgan fingerprint density at radius 3 is 2.05 bits per heavy atom. The summed E-state index contributed by atoms with van der Waals surface area (Å²) in [6.45, 7) is 17.8. The lowest BCUT2D eigenvalue weighted by atomic mass is 9.35. The van der Waals surface area contributed by atoms with Gasteiger partial charge in [0.2, 0.25) is 0 Å². The predicted molar refractivity (Wildman–Crippen MR) is 210 cm³/mol. The van der Waals surface area contributed by atoms with Crippen LogP contribution >= 0.6 is 0 Å². The van der Waals surface area contributed by atoms with Crippen LogP contribution in [0.15, 0.2) is 11.6 Å². The van der Waals surface area contributed by atoms with Crippen molar-refractivity contribution in [1.82, 2.24) is 0 Å². The molecule has 2 heterocycles. The first-order chi connectivity index (χ1) is 26.9. The molecule has 0 aromatic rings. The van der Waals surface area contributed by atoms with Gasteiger partial charge in [0.25, 0.3) is 0 Å². The fourth-order valence-electron chi connectivity index (χ4n) is 13.5. The average molecular weight is 827 g/mol. The van der Waals surface area contributed by atoms with Crippen molar-refractivity contribution in [2.45, 2.75) is 199 Å². The lowest BCUT2D eigenvalue weighted by molar-refractivity contribution is -0.378. The van der Waals surface area contributed by atoms with Gasteiger partial charge in [-0.05, 0) is 124 Å². The Hall–Kier alpha value is -1.27. The third-order valence-electron chi connectivity index (χ3n) is 16.9. The van der Waals surface area contributed by atoms with Gasteiger partial charge in [0, 0.05) is 6.92 Å². The summed E-state index contributed by atoms with van der Waals surface area (Å²) in [6, 6.07) is 0. The molecule has 8 N–H and O–H groups in total. The fraction of sp³-hybridized carbons (Fsp3) is 0.932. The van der Waals surface area contributed by atoms with E-state index in [0.29, 0.717) is 19.3 Å². The molecule has 334 valence electrons. The second-order valence-electron chi connectivity index (χ2n) is 20.7. The third kappa shape index (κ3) is 7.87. The van der Waals surface area contributed by atoms with Crippen LogP contribution in [0, 0.1) is 45.3 Å². The van der Waals surface area contributed by atoms with Crippen molar-refractivity contribution in [1.29, 1.82) is 0 Å². The number of hydrogen-bond donors (Lipinski definition) is 8. The second-order valence-corrected chi connectivity index (χ2v) is 20.7. The predicted octanol–water partition coefficient (Wildman–Crippen LogP) is 2.72. The van der Waals surface area contributed by atoms with Crippen molar-refractivity contribution in [3.63, 3.8) is 0 Å². The van der Waals surface area contributed by atoms with Crippen molar-refractivity contribution >= 4 is 5.97 Å². The van der Waals surface area contributed by atoms with Crippen LogP contribution in [0.4, 0.5) is 0 Å². The summed E-state index contributed by atoms with van der Waals surface area (Å²) in [5.41, 5.74) is -0.480. The van der Waals surface area contributed by atoms with Gasteiger partial charge < -0.3 is 64.5 Å². The highest BCUT2D eigenvalue weighted by Gasteiger charge is 2.71. The topological polar surface area (TPSA) is 225 Å². The normalized spacial score (nSPS) is 49.8. The van der Waals surface area contributed by atoms with E-state index in [1.807, 2.05) is 6.92 Å². The molecule has 0 unspecified atom stereocenters. The van der Waals surface area contributed by atoms with E-state index in [9.17, 15) is 45.6 Å². The van der Waals surface area contributed by atoms with Crippen LogP contribution in [-0.2, 0) is 28.5 Å². The van der Waals surface area contributed by atoms with Crippen LogP contribution in [0.5, 0.6) is 0 Å². The monoisotopic (exact) mass is 827 g/mol. The molecule has 20 atom stereocenters. The van der Waals surface area contributed by atoms with Gasteiger partial charge in [0.05, 0.1) is 24.4 Å². The number of carbonyl (C=O) groups excluding carboxylic acids is 1. The SMILES string of the molecule is CC(=O)OC[C@H]1O[C@@H](O[C@H]2[C@H](O[C@H]3CC[C@]4(C)[C@H]5C[C@@H](O)[C@@H]6[C@@H]([C@@](C)(O)CCC=C(C)C)CC[C@@]6(C)[C@]5(C)CC[C@H]4C3(C)C)O[C@H](CO)[C@@H](O)[C@@H]2O)[C@H](O)[C@@H](O)[C@@H]1O. The molecule has 6 rings (SSSR count). The molecule has 58 heavy (non-hydrogen) atoms. The van der Waals surface area contributed by atoms with Crippen LogP contribution in [0.3, 0.4) is 0 Å². The van der Waals surface area contributed by atoms with E-state index < -0.39 is 104 Å². The number of hydrogen-bond acceptors (Lipinski definition) is 14. The van der Waals surface area contributed by atoms with E-state index in [1.54, 1.807) is 0 Å². The zero-order valence-corrected chi connectivity index (χ0v) is 36.1. The van der Waals surface area contributed by atoms with Gasteiger partial charge in [-0.3, -0.25) is 4.79 Å². The molecule has 4 saturated carbocycles. The Bertz CT molecular complexity index is 1480. The number of fused-ring (bicyclic) bond motifs is 5. The van der Waals surface area contributed by atoms with Crippen molar-refractivity contribution in [2.75, 3.05) is 13.2 Å². The summed E-state index contributed by atoms with van der Waals surface area (Å²) in [5.74, 6) is -0.252. The molecule has 4 aliphatic carbocycles. The zero-order chi connectivity index (χ0) is 42.9.